The van der Waals surface area contributed by atoms with Crippen LogP contribution >= 0.6 is 23.2 Å². The summed E-state index contributed by atoms with van der Waals surface area (Å²) in [5.74, 6) is 0.343. The van der Waals surface area contributed by atoms with Crippen molar-refractivity contribution in [3.63, 3.8) is 0 Å². The Morgan fingerprint density at radius 3 is 2.53 bits per heavy atom. The summed E-state index contributed by atoms with van der Waals surface area (Å²) in [7, 11) is 0. The molecule has 0 bridgehead atoms. The smallest absolute Gasteiger partial charge is 0.346 e. The zero-order valence-corrected chi connectivity index (χ0v) is 19.0. The van der Waals surface area contributed by atoms with Gasteiger partial charge in [-0.2, -0.15) is 13.2 Å². The van der Waals surface area contributed by atoms with Gasteiger partial charge >= 0.3 is 6.18 Å². The minimum atomic E-state index is -4.78. The molecule has 1 aromatic heterocycles. The predicted octanol–water partition coefficient (Wildman–Crippen LogP) is 6.06. The molecule has 0 saturated carbocycles. The number of pyridine rings is 1. The number of nitrogens with one attached hydrogen (secondary N) is 2. The Balaban J connectivity index is 1.48. The molecule has 34 heavy (non-hydrogen) atoms. The minimum Gasteiger partial charge on any atom is -0.346 e. The number of hydrogen-bond donors (Lipinski definition) is 2. The van der Waals surface area contributed by atoms with Gasteiger partial charge in [0, 0.05) is 39.5 Å². The van der Waals surface area contributed by atoms with E-state index in [1.807, 2.05) is 23.1 Å². The molecule has 3 aromatic rings. The first kappa shape index (κ1) is 22.7. The Kier molecular flexibility index (Phi) is 5.55. The standard InChI is InChI=1S/C24H17Cl2F3N4O/c25-17-8-16(9-18(26)10-17)23(24(27,28)29)11-21(32-34-23)14-4-5-20-15(7-14)12-33(22(20)30)13-19-3-1-2-6-31-19/h1-11,30,32H,12-13H2. The zero-order valence-electron chi connectivity index (χ0n) is 17.5. The van der Waals surface area contributed by atoms with Gasteiger partial charge in [-0.15, -0.1) is 0 Å². The van der Waals surface area contributed by atoms with Crippen LogP contribution in [0, 0.1) is 5.41 Å². The molecule has 2 aliphatic rings. The monoisotopic (exact) mass is 504 g/mol. The minimum absolute atomic E-state index is 0.0700. The van der Waals surface area contributed by atoms with Gasteiger partial charge < -0.3 is 4.90 Å². The van der Waals surface area contributed by atoms with E-state index in [4.69, 9.17) is 33.4 Å². The van der Waals surface area contributed by atoms with Crippen LogP contribution in [-0.2, 0) is 23.5 Å². The third kappa shape index (κ3) is 3.91. The maximum atomic E-state index is 14.2. The van der Waals surface area contributed by atoms with Crippen molar-refractivity contribution in [3.8, 4) is 0 Å². The van der Waals surface area contributed by atoms with Crippen molar-refractivity contribution in [2.45, 2.75) is 24.9 Å². The van der Waals surface area contributed by atoms with Gasteiger partial charge in [0.05, 0.1) is 17.9 Å². The van der Waals surface area contributed by atoms with E-state index in [2.05, 4.69) is 10.5 Å². The van der Waals surface area contributed by atoms with Crippen LogP contribution in [0.25, 0.3) is 5.70 Å². The SMILES string of the molecule is N=C1c2ccc(C3=CC(c4cc(Cl)cc(Cl)c4)(C(F)(F)F)ON3)cc2CN1Cc1ccccn1. The normalized spacial score (nSPS) is 19.7. The number of hydrogen-bond acceptors (Lipinski definition) is 4. The van der Waals surface area contributed by atoms with Crippen LogP contribution in [0.2, 0.25) is 10.0 Å². The average molecular weight is 505 g/mol. The van der Waals surface area contributed by atoms with Crippen molar-refractivity contribution in [2.24, 2.45) is 0 Å². The summed E-state index contributed by atoms with van der Waals surface area (Å²) >= 11 is 11.9. The van der Waals surface area contributed by atoms with Crippen molar-refractivity contribution in [1.82, 2.24) is 15.4 Å². The number of aromatic nitrogens is 1. The molecule has 10 heteroatoms. The highest BCUT2D eigenvalue weighted by atomic mass is 35.5. The van der Waals surface area contributed by atoms with E-state index >= 15 is 0 Å². The molecule has 0 amide bonds. The summed E-state index contributed by atoms with van der Waals surface area (Å²) in [6, 6.07) is 14.5. The van der Waals surface area contributed by atoms with Crippen molar-refractivity contribution < 1.29 is 18.0 Å². The van der Waals surface area contributed by atoms with Crippen LogP contribution in [0.5, 0.6) is 0 Å². The first-order valence-corrected chi connectivity index (χ1v) is 11.0. The van der Waals surface area contributed by atoms with E-state index in [0.717, 1.165) is 22.9 Å². The van der Waals surface area contributed by atoms with Crippen molar-refractivity contribution in [2.75, 3.05) is 0 Å². The van der Waals surface area contributed by atoms with E-state index in [0.29, 0.717) is 24.5 Å². The number of fused-ring (bicyclic) bond motifs is 1. The van der Waals surface area contributed by atoms with Crippen LogP contribution in [0.4, 0.5) is 13.2 Å². The molecule has 0 spiro atoms. The first-order chi connectivity index (χ1) is 16.2. The average Bonchev–Trinajstić information content (AvgIpc) is 3.37. The summed E-state index contributed by atoms with van der Waals surface area (Å²) in [5.41, 5.74) is 2.49. The Morgan fingerprint density at radius 2 is 1.85 bits per heavy atom. The molecule has 5 rings (SSSR count). The molecule has 0 aliphatic carbocycles. The summed E-state index contributed by atoms with van der Waals surface area (Å²) in [6.07, 6.45) is -2.10. The summed E-state index contributed by atoms with van der Waals surface area (Å²) in [5, 5.41) is 8.62. The Hall–Kier alpha value is -3.07. The number of benzene rings is 2. The fourth-order valence-electron chi connectivity index (χ4n) is 4.15. The highest BCUT2D eigenvalue weighted by Gasteiger charge is 2.59. The van der Waals surface area contributed by atoms with Gasteiger partial charge in [0.1, 0.15) is 5.84 Å². The van der Waals surface area contributed by atoms with Crippen molar-refractivity contribution in [1.29, 1.82) is 5.41 Å². The van der Waals surface area contributed by atoms with Gasteiger partial charge in [0.25, 0.3) is 0 Å². The van der Waals surface area contributed by atoms with E-state index in [9.17, 15) is 13.2 Å². The van der Waals surface area contributed by atoms with E-state index in [-0.39, 0.29) is 21.3 Å². The van der Waals surface area contributed by atoms with Crippen LogP contribution < -0.4 is 5.48 Å². The lowest BCUT2D eigenvalue weighted by molar-refractivity contribution is -0.269. The summed E-state index contributed by atoms with van der Waals surface area (Å²) in [6.45, 7) is 0.904. The third-order valence-electron chi connectivity index (χ3n) is 5.81. The van der Waals surface area contributed by atoms with Crippen LogP contribution in [0.15, 0.2) is 66.9 Å². The molecule has 2 aliphatic heterocycles. The zero-order chi connectivity index (χ0) is 24.1. The fourth-order valence-corrected chi connectivity index (χ4v) is 4.68. The van der Waals surface area contributed by atoms with E-state index in [1.54, 1.807) is 24.4 Å². The molecule has 0 fully saturated rings. The van der Waals surface area contributed by atoms with Gasteiger partial charge in [-0.3, -0.25) is 20.7 Å². The third-order valence-corrected chi connectivity index (χ3v) is 6.25. The maximum absolute atomic E-state index is 14.2. The van der Waals surface area contributed by atoms with Crippen LogP contribution in [0.1, 0.15) is 27.9 Å². The molecule has 0 radical (unpaired) electrons. The number of rotatable bonds is 4. The van der Waals surface area contributed by atoms with Crippen molar-refractivity contribution in [3.05, 3.63) is 105 Å². The number of halogens is 5. The molecular formula is C24H17Cl2F3N4O. The Labute approximate surface area is 203 Å². The lowest BCUT2D eigenvalue weighted by Crippen LogP contribution is -2.42. The second-order valence-electron chi connectivity index (χ2n) is 8.05. The Bertz CT molecular complexity index is 1290. The van der Waals surface area contributed by atoms with Gasteiger partial charge in [-0.1, -0.05) is 41.4 Å². The highest BCUT2D eigenvalue weighted by molar-refractivity contribution is 6.34. The molecule has 5 nitrogen and oxygen atoms in total. The molecule has 2 N–H and O–H groups in total. The predicted molar refractivity (Wildman–Crippen MR) is 123 cm³/mol. The highest BCUT2D eigenvalue weighted by Crippen LogP contribution is 2.48. The summed E-state index contributed by atoms with van der Waals surface area (Å²) < 4.78 is 42.7. The molecule has 3 heterocycles. The van der Waals surface area contributed by atoms with E-state index in [1.165, 1.54) is 18.2 Å². The number of amidine groups is 1. The number of nitrogens with zero attached hydrogens (tertiary/aromatic N) is 2. The maximum Gasteiger partial charge on any atom is 0.428 e. The first-order valence-electron chi connectivity index (χ1n) is 10.2. The van der Waals surface area contributed by atoms with Crippen LogP contribution in [0.3, 0.4) is 0 Å². The molecule has 1 unspecified atom stereocenters. The molecule has 0 saturated heterocycles. The largest absolute Gasteiger partial charge is 0.428 e. The second kappa shape index (κ2) is 8.30. The molecule has 1 atom stereocenters. The van der Waals surface area contributed by atoms with Crippen molar-refractivity contribution >= 4 is 34.7 Å². The Morgan fingerprint density at radius 1 is 1.09 bits per heavy atom. The number of hydroxylamine groups is 1. The molecule has 2 aromatic carbocycles. The lowest BCUT2D eigenvalue weighted by atomic mass is 9.91. The van der Waals surface area contributed by atoms with Gasteiger partial charge in [-0.05, 0) is 48.0 Å². The van der Waals surface area contributed by atoms with E-state index < -0.39 is 11.8 Å². The van der Waals surface area contributed by atoms with Gasteiger partial charge in [-0.25, -0.2) is 0 Å². The number of alkyl halides is 3. The second-order valence-corrected chi connectivity index (χ2v) is 8.92. The molecule has 174 valence electrons. The molecular weight excluding hydrogens is 488 g/mol. The quantitative estimate of drug-likeness (QED) is 0.453. The van der Waals surface area contributed by atoms with Gasteiger partial charge in [0.2, 0.25) is 5.60 Å². The van der Waals surface area contributed by atoms with Gasteiger partial charge in [0.15, 0.2) is 0 Å². The van der Waals surface area contributed by atoms with Crippen LogP contribution in [-0.4, -0.2) is 21.9 Å². The summed E-state index contributed by atoms with van der Waals surface area (Å²) in [4.78, 5) is 11.3. The topological polar surface area (TPSA) is 61.2 Å². The lowest BCUT2D eigenvalue weighted by Gasteiger charge is -2.28. The fraction of sp³-hybridized carbons (Fsp3) is 0.167.